The lowest BCUT2D eigenvalue weighted by atomic mass is 9.89. The van der Waals surface area contributed by atoms with Gasteiger partial charge in [0, 0.05) is 10.0 Å². The van der Waals surface area contributed by atoms with E-state index in [-0.39, 0.29) is 24.3 Å². The maximum absolute atomic E-state index is 12.9. The first-order valence-electron chi connectivity index (χ1n) is 9.62. The van der Waals surface area contributed by atoms with Crippen molar-refractivity contribution >= 4 is 40.7 Å². The summed E-state index contributed by atoms with van der Waals surface area (Å²) in [6, 6.07) is 14.5. The van der Waals surface area contributed by atoms with Crippen LogP contribution < -0.4 is 4.90 Å². The molecule has 2 fully saturated rings. The molecule has 0 bridgehead atoms. The summed E-state index contributed by atoms with van der Waals surface area (Å²) in [6.07, 6.45) is 3.34. The summed E-state index contributed by atoms with van der Waals surface area (Å²) in [4.78, 5) is 28.9. The van der Waals surface area contributed by atoms with Crippen molar-refractivity contribution in [2.75, 3.05) is 18.0 Å². The van der Waals surface area contributed by atoms with E-state index in [2.05, 4.69) is 17.0 Å². The number of hydrogen-bond donors (Lipinski definition) is 0. The number of piperidine rings is 1. The van der Waals surface area contributed by atoms with E-state index in [0.29, 0.717) is 16.6 Å². The van der Waals surface area contributed by atoms with E-state index in [1.165, 1.54) is 10.5 Å². The van der Waals surface area contributed by atoms with Crippen molar-refractivity contribution in [3.8, 4) is 0 Å². The molecule has 1 atom stereocenters. The Bertz CT molecular complexity index is 859. The normalized spacial score (nSPS) is 21.5. The average Bonchev–Trinajstić information content (AvgIpc) is 2.99. The average molecular weight is 417 g/mol. The van der Waals surface area contributed by atoms with Gasteiger partial charge in [0.15, 0.2) is 0 Å². The van der Waals surface area contributed by atoms with Gasteiger partial charge < -0.3 is 0 Å². The zero-order chi connectivity index (χ0) is 19.7. The Balaban J connectivity index is 1.37. The number of amides is 2. The Morgan fingerprint density at radius 1 is 0.857 bits per heavy atom. The van der Waals surface area contributed by atoms with Crippen molar-refractivity contribution in [1.82, 2.24) is 4.90 Å². The molecule has 0 spiro atoms. The van der Waals surface area contributed by atoms with Gasteiger partial charge in [-0.05, 0) is 80.2 Å². The molecule has 0 saturated carbocycles. The molecule has 0 N–H and O–H groups in total. The van der Waals surface area contributed by atoms with Gasteiger partial charge in [0.2, 0.25) is 5.91 Å². The third kappa shape index (κ3) is 4.09. The maximum atomic E-state index is 12.9. The predicted octanol–water partition coefficient (Wildman–Crippen LogP) is 4.58. The molecular weight excluding hydrogens is 395 g/mol. The van der Waals surface area contributed by atoms with E-state index >= 15 is 0 Å². The van der Waals surface area contributed by atoms with Crippen LogP contribution in [0.1, 0.15) is 24.8 Å². The molecule has 2 aliphatic heterocycles. The smallest absolute Gasteiger partial charge is 0.251 e. The van der Waals surface area contributed by atoms with Crippen LogP contribution >= 0.6 is 23.2 Å². The number of rotatable bonds is 4. The van der Waals surface area contributed by atoms with Gasteiger partial charge in [-0.2, -0.15) is 0 Å². The molecule has 146 valence electrons. The number of carbonyl (C=O) groups excluding carboxylic acids is 2. The molecule has 2 saturated heterocycles. The molecule has 6 heteroatoms. The minimum Gasteiger partial charge on any atom is -0.292 e. The number of anilines is 1. The van der Waals surface area contributed by atoms with Crippen molar-refractivity contribution in [2.24, 2.45) is 5.92 Å². The summed E-state index contributed by atoms with van der Waals surface area (Å²) in [5.74, 6) is 0.334. The third-order valence-electron chi connectivity index (χ3n) is 5.74. The summed E-state index contributed by atoms with van der Waals surface area (Å²) >= 11 is 11.9. The second-order valence-electron chi connectivity index (χ2n) is 7.57. The minimum atomic E-state index is -0.348. The number of carbonyl (C=O) groups is 2. The van der Waals surface area contributed by atoms with Crippen molar-refractivity contribution < 1.29 is 9.59 Å². The fraction of sp³-hybridized carbons (Fsp3) is 0.364. The lowest BCUT2D eigenvalue weighted by Gasteiger charge is -2.34. The van der Waals surface area contributed by atoms with Gasteiger partial charge in [0.25, 0.3) is 5.91 Å². The molecule has 4 rings (SSSR count). The second-order valence-corrected chi connectivity index (χ2v) is 8.45. The number of hydrogen-bond acceptors (Lipinski definition) is 3. The molecule has 2 aliphatic rings. The summed E-state index contributed by atoms with van der Waals surface area (Å²) in [5, 5.41) is 1.34. The monoisotopic (exact) mass is 416 g/mol. The Morgan fingerprint density at radius 2 is 1.43 bits per heavy atom. The maximum Gasteiger partial charge on any atom is 0.251 e. The van der Waals surface area contributed by atoms with Crippen LogP contribution in [0.3, 0.4) is 0 Å². The van der Waals surface area contributed by atoms with E-state index in [1.807, 2.05) is 12.1 Å². The summed E-state index contributed by atoms with van der Waals surface area (Å²) in [5.41, 5.74) is 1.89. The largest absolute Gasteiger partial charge is 0.292 e. The van der Waals surface area contributed by atoms with Gasteiger partial charge in [-0.25, -0.2) is 4.90 Å². The molecule has 0 aliphatic carbocycles. The van der Waals surface area contributed by atoms with Crippen LogP contribution in [0.25, 0.3) is 0 Å². The van der Waals surface area contributed by atoms with Gasteiger partial charge in [-0.15, -0.1) is 0 Å². The Labute approximate surface area is 175 Å². The Hall–Kier alpha value is -1.88. The second kappa shape index (κ2) is 8.24. The number of imide groups is 1. The molecule has 0 aromatic heterocycles. The van der Waals surface area contributed by atoms with Crippen molar-refractivity contribution in [2.45, 2.75) is 31.7 Å². The van der Waals surface area contributed by atoms with Crippen LogP contribution in [-0.4, -0.2) is 35.8 Å². The molecular formula is C22H22Cl2N2O2. The van der Waals surface area contributed by atoms with E-state index < -0.39 is 0 Å². The van der Waals surface area contributed by atoms with E-state index in [0.717, 1.165) is 37.4 Å². The van der Waals surface area contributed by atoms with E-state index in [1.54, 1.807) is 24.3 Å². The molecule has 2 aromatic rings. The quantitative estimate of drug-likeness (QED) is 0.684. The van der Waals surface area contributed by atoms with Gasteiger partial charge in [-0.3, -0.25) is 14.5 Å². The SMILES string of the molecule is O=C1C[C@@H](N2CCC(Cc3ccc(Cl)cc3)CC2)C(=O)N1c1ccc(Cl)cc1. The first-order valence-corrected chi connectivity index (χ1v) is 10.4. The van der Waals surface area contributed by atoms with Crippen LogP contribution in [-0.2, 0) is 16.0 Å². The topological polar surface area (TPSA) is 40.6 Å². The Kier molecular flexibility index (Phi) is 5.72. The molecule has 4 nitrogen and oxygen atoms in total. The lowest BCUT2D eigenvalue weighted by molar-refractivity contribution is -0.123. The highest BCUT2D eigenvalue weighted by Crippen LogP contribution is 2.30. The predicted molar refractivity (Wildman–Crippen MR) is 112 cm³/mol. The van der Waals surface area contributed by atoms with Crippen LogP contribution in [0.5, 0.6) is 0 Å². The highest BCUT2D eigenvalue weighted by atomic mass is 35.5. The van der Waals surface area contributed by atoms with Crippen molar-refractivity contribution in [1.29, 1.82) is 0 Å². The zero-order valence-electron chi connectivity index (χ0n) is 15.5. The van der Waals surface area contributed by atoms with Gasteiger partial charge in [0.1, 0.15) is 0 Å². The van der Waals surface area contributed by atoms with Crippen LogP contribution in [0.2, 0.25) is 10.0 Å². The minimum absolute atomic E-state index is 0.122. The fourth-order valence-electron chi connectivity index (χ4n) is 4.19. The molecule has 28 heavy (non-hydrogen) atoms. The standard InChI is InChI=1S/C22H22Cl2N2O2/c23-17-3-1-15(2-4-17)13-16-9-11-25(12-10-16)20-14-21(27)26(22(20)28)19-7-5-18(24)6-8-19/h1-8,16,20H,9-14H2/t20-/m1/s1. The van der Waals surface area contributed by atoms with Gasteiger partial charge in [0.05, 0.1) is 18.2 Å². The highest BCUT2D eigenvalue weighted by molar-refractivity contribution is 6.31. The Morgan fingerprint density at radius 3 is 2.04 bits per heavy atom. The summed E-state index contributed by atoms with van der Waals surface area (Å²) < 4.78 is 0. The third-order valence-corrected chi connectivity index (χ3v) is 6.24. The van der Waals surface area contributed by atoms with E-state index in [4.69, 9.17) is 23.2 Å². The van der Waals surface area contributed by atoms with Gasteiger partial charge in [-0.1, -0.05) is 35.3 Å². The first-order chi connectivity index (χ1) is 13.5. The van der Waals surface area contributed by atoms with Crippen molar-refractivity contribution in [3.05, 3.63) is 64.1 Å². The summed E-state index contributed by atoms with van der Waals surface area (Å²) in [7, 11) is 0. The molecule has 2 heterocycles. The lowest BCUT2D eigenvalue weighted by Crippen LogP contribution is -2.46. The number of halogens is 2. The molecule has 2 aromatic carbocycles. The first kappa shape index (κ1) is 19.4. The molecule has 2 amide bonds. The molecule has 0 unspecified atom stereocenters. The summed E-state index contributed by atoms with van der Waals surface area (Å²) in [6.45, 7) is 1.69. The number of benzene rings is 2. The van der Waals surface area contributed by atoms with Gasteiger partial charge >= 0.3 is 0 Å². The highest BCUT2D eigenvalue weighted by Gasteiger charge is 2.43. The number of nitrogens with zero attached hydrogens (tertiary/aromatic N) is 2. The van der Waals surface area contributed by atoms with E-state index in [9.17, 15) is 9.59 Å². The molecule has 0 radical (unpaired) electrons. The van der Waals surface area contributed by atoms with Crippen LogP contribution in [0, 0.1) is 5.92 Å². The van der Waals surface area contributed by atoms with Crippen LogP contribution in [0.15, 0.2) is 48.5 Å². The fourth-order valence-corrected chi connectivity index (χ4v) is 4.44. The van der Waals surface area contributed by atoms with Crippen LogP contribution in [0.4, 0.5) is 5.69 Å². The van der Waals surface area contributed by atoms with Crippen molar-refractivity contribution in [3.63, 3.8) is 0 Å². The number of likely N-dealkylation sites (tertiary alicyclic amines) is 1. The zero-order valence-corrected chi connectivity index (χ0v) is 17.0.